The van der Waals surface area contributed by atoms with E-state index in [1.54, 1.807) is 27.0 Å². The van der Waals surface area contributed by atoms with Crippen molar-refractivity contribution >= 4 is 17.4 Å². The zero-order valence-corrected chi connectivity index (χ0v) is 16.3. The predicted molar refractivity (Wildman–Crippen MR) is 94.8 cm³/mol. The van der Waals surface area contributed by atoms with Crippen LogP contribution in [0.25, 0.3) is 5.69 Å². The van der Waals surface area contributed by atoms with Crippen LogP contribution in [0.15, 0.2) is 29.4 Å². The molecule has 2 amide bonds. The molecule has 1 aromatic heterocycles. The zero-order chi connectivity index (χ0) is 21.6. The van der Waals surface area contributed by atoms with Crippen LogP contribution in [-0.4, -0.2) is 40.1 Å². The molecule has 0 aliphatic carbocycles. The Morgan fingerprint density at radius 3 is 2.48 bits per heavy atom. The highest BCUT2D eigenvalue weighted by atomic mass is 32.1. The number of aliphatic hydroxyl groups excluding tert-OH is 1. The van der Waals surface area contributed by atoms with Crippen molar-refractivity contribution in [1.82, 2.24) is 9.88 Å². The van der Waals surface area contributed by atoms with Crippen molar-refractivity contribution in [3.63, 3.8) is 0 Å². The van der Waals surface area contributed by atoms with Crippen molar-refractivity contribution in [3.05, 3.63) is 34.1 Å². The fraction of sp³-hybridized carbons (Fsp3) is 0.412. The molecule has 0 atom stereocenters. The lowest BCUT2D eigenvalue weighted by Crippen LogP contribution is -2.52. The summed E-state index contributed by atoms with van der Waals surface area (Å²) in [5.74, 6) is -1.12. The van der Waals surface area contributed by atoms with Crippen molar-refractivity contribution in [1.29, 1.82) is 0 Å². The van der Waals surface area contributed by atoms with Crippen LogP contribution in [0, 0.1) is 6.92 Å². The third-order valence-corrected chi connectivity index (χ3v) is 4.73. The maximum atomic E-state index is 13.4. The van der Waals surface area contributed by atoms with E-state index in [-0.39, 0.29) is 17.1 Å². The van der Waals surface area contributed by atoms with E-state index in [9.17, 15) is 27.5 Å². The summed E-state index contributed by atoms with van der Waals surface area (Å²) in [5, 5.41) is 11.8. The van der Waals surface area contributed by atoms with Crippen LogP contribution in [-0.2, 0) is 0 Å². The van der Waals surface area contributed by atoms with Gasteiger partial charge in [0.1, 0.15) is 0 Å². The first-order valence-electron chi connectivity index (χ1n) is 8.28. The van der Waals surface area contributed by atoms with E-state index in [2.05, 4.69) is 19.8 Å². The molecule has 7 nitrogen and oxygen atoms in total. The topological polar surface area (TPSA) is 85.1 Å². The SMILES string of the molecule is Cc1cn(-c2ccc3c(c2)OC(F)(F)C(F)(F)O3)c(=NC(=O)NC(C)(C)CO)s1. The number of urea groups is 1. The fourth-order valence-electron chi connectivity index (χ4n) is 2.37. The van der Waals surface area contributed by atoms with E-state index in [0.29, 0.717) is 0 Å². The Hall–Kier alpha value is -2.60. The van der Waals surface area contributed by atoms with Crippen LogP contribution >= 0.6 is 11.3 Å². The van der Waals surface area contributed by atoms with Gasteiger partial charge in [-0.3, -0.25) is 4.57 Å². The van der Waals surface area contributed by atoms with E-state index >= 15 is 0 Å². The summed E-state index contributed by atoms with van der Waals surface area (Å²) in [5.41, 5.74) is -0.656. The van der Waals surface area contributed by atoms with Crippen LogP contribution in [0.4, 0.5) is 22.4 Å². The highest BCUT2D eigenvalue weighted by Gasteiger charge is 2.65. The van der Waals surface area contributed by atoms with Gasteiger partial charge in [0.15, 0.2) is 16.3 Å². The molecule has 0 saturated carbocycles. The second-order valence-electron chi connectivity index (χ2n) is 6.95. The highest BCUT2D eigenvalue weighted by Crippen LogP contribution is 2.47. The lowest BCUT2D eigenvalue weighted by Gasteiger charge is -2.31. The molecule has 2 heterocycles. The molecule has 0 radical (unpaired) electrons. The van der Waals surface area contributed by atoms with Gasteiger partial charge in [-0.1, -0.05) is 0 Å². The molecule has 0 unspecified atom stereocenters. The summed E-state index contributed by atoms with van der Waals surface area (Å²) in [6.07, 6.45) is -8.05. The zero-order valence-electron chi connectivity index (χ0n) is 15.5. The minimum atomic E-state index is -4.84. The Morgan fingerprint density at radius 1 is 1.24 bits per heavy atom. The van der Waals surface area contributed by atoms with Gasteiger partial charge >= 0.3 is 18.2 Å². The third kappa shape index (κ3) is 4.22. The number of aryl methyl sites for hydroxylation is 1. The summed E-state index contributed by atoms with van der Waals surface area (Å²) in [6.45, 7) is 4.64. The third-order valence-electron chi connectivity index (χ3n) is 3.83. The average Bonchev–Trinajstić information content (AvgIpc) is 2.94. The quantitative estimate of drug-likeness (QED) is 0.726. The number of rotatable bonds is 3. The molecule has 3 rings (SSSR count). The average molecular weight is 435 g/mol. The van der Waals surface area contributed by atoms with Crippen molar-refractivity contribution in [2.75, 3.05) is 6.61 Å². The monoisotopic (exact) mass is 435 g/mol. The van der Waals surface area contributed by atoms with E-state index in [1.807, 2.05) is 0 Å². The van der Waals surface area contributed by atoms with Crippen molar-refractivity contribution in [3.8, 4) is 17.2 Å². The Kier molecular flexibility index (Phi) is 5.11. The normalized spacial score (nSPS) is 17.9. The summed E-state index contributed by atoms with van der Waals surface area (Å²) in [4.78, 5) is 17.0. The summed E-state index contributed by atoms with van der Waals surface area (Å²) in [6, 6.07) is 2.76. The maximum absolute atomic E-state index is 13.4. The largest absolute Gasteiger partial charge is 0.507 e. The minimum Gasteiger partial charge on any atom is -0.421 e. The fourth-order valence-corrected chi connectivity index (χ4v) is 3.20. The number of fused-ring (bicyclic) bond motifs is 1. The van der Waals surface area contributed by atoms with E-state index in [0.717, 1.165) is 28.3 Å². The van der Waals surface area contributed by atoms with Gasteiger partial charge in [0.2, 0.25) is 0 Å². The standard InChI is InChI=1S/C17H17F4N3O4S/c1-9-7-24(14(29-9)22-13(26)23-15(2,3)8-25)10-4-5-11-12(6-10)28-17(20,21)16(18,19)27-11/h4-7,25H,8H2,1-3H3,(H,23,26). The molecule has 1 aliphatic rings. The van der Waals surface area contributed by atoms with Gasteiger partial charge < -0.3 is 19.9 Å². The number of carbonyl (C=O) groups excluding carboxylic acids is 1. The van der Waals surface area contributed by atoms with Gasteiger partial charge in [-0.25, -0.2) is 4.79 Å². The molecule has 2 N–H and O–H groups in total. The van der Waals surface area contributed by atoms with E-state index in [4.69, 9.17) is 0 Å². The molecular weight excluding hydrogens is 418 g/mol. The number of halogens is 4. The second-order valence-corrected chi connectivity index (χ2v) is 8.16. The van der Waals surface area contributed by atoms with Gasteiger partial charge in [-0.2, -0.15) is 22.6 Å². The Morgan fingerprint density at radius 2 is 1.86 bits per heavy atom. The number of benzene rings is 1. The molecule has 0 spiro atoms. The Bertz CT molecular complexity index is 1020. The number of aromatic nitrogens is 1. The number of hydrogen-bond donors (Lipinski definition) is 2. The van der Waals surface area contributed by atoms with Crippen molar-refractivity contribution in [2.24, 2.45) is 4.99 Å². The van der Waals surface area contributed by atoms with Gasteiger partial charge in [0.05, 0.1) is 17.8 Å². The van der Waals surface area contributed by atoms with Crippen LogP contribution in [0.1, 0.15) is 18.7 Å². The van der Waals surface area contributed by atoms with Gasteiger partial charge in [-0.05, 0) is 32.9 Å². The molecule has 0 saturated heterocycles. The molecule has 1 aliphatic heterocycles. The second kappa shape index (κ2) is 7.02. The van der Waals surface area contributed by atoms with Crippen LogP contribution in [0.2, 0.25) is 0 Å². The lowest BCUT2D eigenvalue weighted by molar-refractivity contribution is -0.391. The van der Waals surface area contributed by atoms with Crippen molar-refractivity contribution in [2.45, 2.75) is 38.5 Å². The molecule has 12 heteroatoms. The molecule has 0 fully saturated rings. The molecule has 1 aromatic carbocycles. The minimum absolute atomic E-state index is 0.197. The molecule has 29 heavy (non-hydrogen) atoms. The smallest absolute Gasteiger partial charge is 0.421 e. The van der Waals surface area contributed by atoms with Crippen LogP contribution in [0.5, 0.6) is 11.5 Å². The molecule has 2 aromatic rings. The summed E-state index contributed by atoms with van der Waals surface area (Å²) in [7, 11) is 0. The van der Waals surface area contributed by atoms with Gasteiger partial charge in [-0.15, -0.1) is 11.3 Å². The van der Waals surface area contributed by atoms with E-state index < -0.39 is 35.3 Å². The molecule has 0 bridgehead atoms. The number of ether oxygens (including phenoxy) is 2. The number of nitrogens with zero attached hydrogens (tertiary/aromatic N) is 2. The number of carbonyl (C=O) groups is 1. The predicted octanol–water partition coefficient (Wildman–Crippen LogP) is 3.19. The summed E-state index contributed by atoms with van der Waals surface area (Å²) < 4.78 is 63.1. The maximum Gasteiger partial charge on any atom is 0.507 e. The molecule has 158 valence electrons. The highest BCUT2D eigenvalue weighted by molar-refractivity contribution is 7.09. The number of hydrogen-bond acceptors (Lipinski definition) is 5. The lowest BCUT2D eigenvalue weighted by atomic mass is 10.1. The molecular formula is C17H17F4N3O4S. The number of nitrogens with one attached hydrogen (secondary N) is 1. The number of amides is 2. The van der Waals surface area contributed by atoms with E-state index in [1.165, 1.54) is 10.6 Å². The number of aliphatic hydroxyl groups is 1. The first-order valence-corrected chi connectivity index (χ1v) is 9.10. The Labute approximate surface area is 166 Å². The Balaban J connectivity index is 2.00. The first-order chi connectivity index (χ1) is 13.3. The number of alkyl halides is 4. The van der Waals surface area contributed by atoms with Crippen molar-refractivity contribution < 1.29 is 36.9 Å². The summed E-state index contributed by atoms with van der Waals surface area (Å²) >= 11 is 1.14. The van der Waals surface area contributed by atoms with Gasteiger partial charge in [0, 0.05) is 17.1 Å². The van der Waals surface area contributed by atoms with Crippen LogP contribution < -0.4 is 19.6 Å². The van der Waals surface area contributed by atoms with Crippen LogP contribution in [0.3, 0.4) is 0 Å². The van der Waals surface area contributed by atoms with Gasteiger partial charge in [0.25, 0.3) is 0 Å². The number of thiazole rings is 1. The first kappa shape index (κ1) is 21.1.